The highest BCUT2D eigenvalue weighted by atomic mass is 19.4. The van der Waals surface area contributed by atoms with Gasteiger partial charge in [0.15, 0.2) is 0 Å². The van der Waals surface area contributed by atoms with Gasteiger partial charge in [-0.3, -0.25) is 4.90 Å². The van der Waals surface area contributed by atoms with Gasteiger partial charge in [0, 0.05) is 39.3 Å². The summed E-state index contributed by atoms with van der Waals surface area (Å²) >= 11 is 0. The Morgan fingerprint density at radius 3 is 2.25 bits per heavy atom. The number of likely N-dealkylation sites (tertiary alicyclic amines) is 2. The van der Waals surface area contributed by atoms with E-state index >= 15 is 0 Å². The van der Waals surface area contributed by atoms with Gasteiger partial charge >= 0.3 is 18.2 Å². The number of morpholine rings is 1. The summed E-state index contributed by atoms with van der Waals surface area (Å²) in [4.78, 5) is 30.2. The van der Waals surface area contributed by atoms with Crippen molar-refractivity contribution < 1.29 is 32.6 Å². The molecule has 28 heavy (non-hydrogen) atoms. The Labute approximate surface area is 162 Å². The summed E-state index contributed by atoms with van der Waals surface area (Å²) in [5.74, 6) is -2.76. The summed E-state index contributed by atoms with van der Waals surface area (Å²) in [6.45, 7) is 7.34. The van der Waals surface area contributed by atoms with E-state index in [4.69, 9.17) is 14.6 Å². The zero-order chi connectivity index (χ0) is 20.9. The first-order valence-corrected chi connectivity index (χ1v) is 9.44. The van der Waals surface area contributed by atoms with Crippen LogP contribution in [-0.4, -0.2) is 122 Å². The topological polar surface area (TPSA) is 76.6 Å². The van der Waals surface area contributed by atoms with Gasteiger partial charge < -0.3 is 24.5 Å². The van der Waals surface area contributed by atoms with Crippen molar-refractivity contribution in [3.63, 3.8) is 0 Å². The van der Waals surface area contributed by atoms with E-state index in [1.807, 2.05) is 9.80 Å². The van der Waals surface area contributed by atoms with Crippen LogP contribution in [0.4, 0.5) is 18.0 Å². The number of carbonyl (C=O) groups excluding carboxylic acids is 1. The van der Waals surface area contributed by atoms with Crippen LogP contribution in [0.25, 0.3) is 0 Å². The van der Waals surface area contributed by atoms with Gasteiger partial charge in [-0.15, -0.1) is 0 Å². The fourth-order valence-corrected chi connectivity index (χ4v) is 3.63. The van der Waals surface area contributed by atoms with Crippen molar-refractivity contribution in [2.24, 2.45) is 0 Å². The maximum atomic E-state index is 12.5. The molecule has 0 radical (unpaired) electrons. The second-order valence-electron chi connectivity index (χ2n) is 7.50. The normalized spacial score (nSPS) is 25.5. The van der Waals surface area contributed by atoms with Gasteiger partial charge in [-0.2, -0.15) is 13.2 Å². The molecule has 0 unspecified atom stereocenters. The van der Waals surface area contributed by atoms with Crippen molar-refractivity contribution in [1.82, 2.24) is 19.6 Å². The minimum Gasteiger partial charge on any atom is -0.475 e. The Kier molecular flexibility index (Phi) is 7.90. The molecule has 0 aromatic rings. The smallest absolute Gasteiger partial charge is 0.475 e. The number of fused-ring (bicyclic) bond motifs is 1. The minimum absolute atomic E-state index is 0.201. The molecule has 0 aromatic heterocycles. The quantitative estimate of drug-likeness (QED) is 0.741. The molecular weight excluding hydrogens is 381 g/mol. The molecule has 0 bridgehead atoms. The first-order valence-electron chi connectivity index (χ1n) is 9.44. The first-order chi connectivity index (χ1) is 13.1. The molecule has 3 fully saturated rings. The fraction of sp³-hybridized carbons (Fsp3) is 0.882. The molecule has 2 amide bonds. The lowest BCUT2D eigenvalue weighted by molar-refractivity contribution is -0.192. The number of nitrogens with zero attached hydrogens (tertiary/aromatic N) is 4. The molecule has 3 heterocycles. The number of amides is 2. The summed E-state index contributed by atoms with van der Waals surface area (Å²) in [7, 11) is 4.21. The van der Waals surface area contributed by atoms with E-state index < -0.39 is 12.1 Å². The molecule has 11 heteroatoms. The predicted molar refractivity (Wildman–Crippen MR) is 95.1 cm³/mol. The lowest BCUT2D eigenvalue weighted by Crippen LogP contribution is -2.52. The molecule has 0 saturated carbocycles. The minimum atomic E-state index is -5.08. The number of hydrogen-bond donors (Lipinski definition) is 1. The highest BCUT2D eigenvalue weighted by Crippen LogP contribution is 2.24. The zero-order valence-electron chi connectivity index (χ0n) is 16.3. The number of carboxylic acids is 1. The van der Waals surface area contributed by atoms with Crippen molar-refractivity contribution in [1.29, 1.82) is 0 Å². The van der Waals surface area contributed by atoms with Crippen LogP contribution in [0.3, 0.4) is 0 Å². The second-order valence-corrected chi connectivity index (χ2v) is 7.50. The van der Waals surface area contributed by atoms with Crippen molar-refractivity contribution in [2.45, 2.75) is 31.2 Å². The van der Waals surface area contributed by atoms with Crippen LogP contribution in [0.5, 0.6) is 0 Å². The molecule has 0 spiro atoms. The molecule has 3 aliphatic rings. The lowest BCUT2D eigenvalue weighted by Gasteiger charge is -2.37. The van der Waals surface area contributed by atoms with Crippen LogP contribution in [0.1, 0.15) is 12.8 Å². The Hall–Kier alpha value is -1.59. The Morgan fingerprint density at radius 2 is 1.71 bits per heavy atom. The van der Waals surface area contributed by atoms with Crippen LogP contribution in [-0.2, 0) is 9.53 Å². The van der Waals surface area contributed by atoms with Crippen LogP contribution < -0.4 is 0 Å². The van der Waals surface area contributed by atoms with E-state index in [1.54, 1.807) is 0 Å². The van der Waals surface area contributed by atoms with Crippen molar-refractivity contribution in [3.05, 3.63) is 0 Å². The van der Waals surface area contributed by atoms with E-state index in [-0.39, 0.29) is 12.1 Å². The van der Waals surface area contributed by atoms with Crippen molar-refractivity contribution in [2.75, 3.05) is 66.5 Å². The number of carboxylic acid groups (broad SMARTS) is 1. The number of likely N-dealkylation sites (N-methyl/N-ethyl adjacent to an activating group) is 1. The number of halogens is 3. The summed E-state index contributed by atoms with van der Waals surface area (Å²) < 4.78 is 37.7. The monoisotopic (exact) mass is 410 g/mol. The largest absolute Gasteiger partial charge is 0.490 e. The molecule has 3 saturated heterocycles. The standard InChI is InChI=1S/C15H28N4O2.C2HF3O2/c1-16(2)7-8-17-9-10-21-14-12-19(11-13(14)17)15(20)18-5-3-4-6-18;3-2(4,5)1(6)7/h13-14H,3-12H2,1-2H3;(H,6,7)/t13-,14+;/m1./s1. The summed E-state index contributed by atoms with van der Waals surface area (Å²) in [6, 6.07) is 0.600. The molecule has 3 aliphatic heterocycles. The predicted octanol–water partition coefficient (Wildman–Crippen LogP) is 0.782. The zero-order valence-corrected chi connectivity index (χ0v) is 16.3. The maximum Gasteiger partial charge on any atom is 0.490 e. The molecular formula is C17H29F3N4O4. The second kappa shape index (κ2) is 9.75. The molecule has 3 rings (SSSR count). The Bertz CT molecular complexity index is 541. The van der Waals surface area contributed by atoms with Crippen LogP contribution >= 0.6 is 0 Å². The van der Waals surface area contributed by atoms with Crippen molar-refractivity contribution >= 4 is 12.0 Å². The SMILES string of the molecule is CN(C)CCN1CCO[C@H]2CN(C(=O)N3CCCC3)C[C@H]21.O=C(O)C(F)(F)F. The van der Waals surface area contributed by atoms with Gasteiger partial charge in [-0.1, -0.05) is 0 Å². The third-order valence-electron chi connectivity index (χ3n) is 5.14. The highest BCUT2D eigenvalue weighted by Gasteiger charge is 2.42. The van der Waals surface area contributed by atoms with Gasteiger partial charge in [-0.25, -0.2) is 9.59 Å². The van der Waals surface area contributed by atoms with Gasteiger partial charge in [0.2, 0.25) is 0 Å². The Balaban J connectivity index is 0.000000345. The van der Waals surface area contributed by atoms with Crippen LogP contribution in [0.15, 0.2) is 0 Å². The van der Waals surface area contributed by atoms with Gasteiger partial charge in [0.1, 0.15) is 0 Å². The molecule has 8 nitrogen and oxygen atoms in total. The molecule has 0 aliphatic carbocycles. The van der Waals surface area contributed by atoms with Gasteiger partial charge in [-0.05, 0) is 26.9 Å². The van der Waals surface area contributed by atoms with E-state index in [9.17, 15) is 18.0 Å². The number of ether oxygens (including phenoxy) is 1. The number of urea groups is 1. The first kappa shape index (κ1) is 22.7. The average molecular weight is 410 g/mol. The molecule has 0 aromatic carbocycles. The van der Waals surface area contributed by atoms with Crippen LogP contribution in [0.2, 0.25) is 0 Å². The van der Waals surface area contributed by atoms with E-state index in [1.165, 1.54) is 0 Å². The number of alkyl halides is 3. The van der Waals surface area contributed by atoms with E-state index in [2.05, 4.69) is 23.9 Å². The van der Waals surface area contributed by atoms with E-state index in [0.717, 1.165) is 65.3 Å². The van der Waals surface area contributed by atoms with Crippen molar-refractivity contribution in [3.8, 4) is 0 Å². The lowest BCUT2D eigenvalue weighted by atomic mass is 10.1. The number of aliphatic carboxylic acids is 1. The summed E-state index contributed by atoms with van der Waals surface area (Å²) in [6.07, 6.45) is -2.58. The summed E-state index contributed by atoms with van der Waals surface area (Å²) in [5, 5.41) is 7.12. The molecule has 162 valence electrons. The number of rotatable bonds is 3. The number of hydrogen-bond acceptors (Lipinski definition) is 5. The Morgan fingerprint density at radius 1 is 1.11 bits per heavy atom. The van der Waals surface area contributed by atoms with Gasteiger partial charge in [0.05, 0.1) is 25.3 Å². The van der Waals surface area contributed by atoms with Crippen LogP contribution in [0, 0.1) is 0 Å². The highest BCUT2D eigenvalue weighted by molar-refractivity contribution is 5.75. The number of carbonyl (C=O) groups is 2. The average Bonchev–Trinajstić information content (AvgIpc) is 3.28. The summed E-state index contributed by atoms with van der Waals surface area (Å²) in [5.41, 5.74) is 0. The van der Waals surface area contributed by atoms with E-state index in [0.29, 0.717) is 6.04 Å². The third-order valence-corrected chi connectivity index (χ3v) is 5.14. The molecule has 2 atom stereocenters. The third kappa shape index (κ3) is 6.21. The fourth-order valence-electron chi connectivity index (χ4n) is 3.63. The maximum absolute atomic E-state index is 12.5. The molecule has 1 N–H and O–H groups in total. The van der Waals surface area contributed by atoms with Gasteiger partial charge in [0.25, 0.3) is 0 Å².